The van der Waals surface area contributed by atoms with Crippen LogP contribution in [0.2, 0.25) is 0 Å². The third-order valence-electron chi connectivity index (χ3n) is 8.38. The molecular formula is C42H53N3O5. The zero-order chi connectivity index (χ0) is 36.4. The number of amides is 1. The summed E-state index contributed by atoms with van der Waals surface area (Å²) in [5.74, 6) is 0.979. The van der Waals surface area contributed by atoms with Gasteiger partial charge < -0.3 is 19.5 Å². The first kappa shape index (κ1) is 38.1. The van der Waals surface area contributed by atoms with E-state index in [2.05, 4.69) is 43.0 Å². The Morgan fingerprint density at radius 2 is 1.28 bits per heavy atom. The van der Waals surface area contributed by atoms with E-state index in [-0.39, 0.29) is 11.3 Å². The number of aromatic nitrogens is 2. The number of ether oxygens (including phenoxy) is 3. The molecule has 0 fully saturated rings. The van der Waals surface area contributed by atoms with Gasteiger partial charge >= 0.3 is 5.97 Å². The summed E-state index contributed by atoms with van der Waals surface area (Å²) in [7, 11) is 0. The van der Waals surface area contributed by atoms with E-state index >= 15 is 0 Å². The van der Waals surface area contributed by atoms with Gasteiger partial charge in [0.25, 0.3) is 5.91 Å². The number of carbonyl (C=O) groups is 2. The Hall–Kier alpha value is -4.72. The van der Waals surface area contributed by atoms with E-state index in [4.69, 9.17) is 14.2 Å². The zero-order valence-corrected chi connectivity index (χ0v) is 31.0. The summed E-state index contributed by atoms with van der Waals surface area (Å²) in [4.78, 5) is 36.1. The van der Waals surface area contributed by atoms with Crippen LogP contribution in [0.4, 0.5) is 0 Å². The van der Waals surface area contributed by atoms with E-state index in [0.29, 0.717) is 29.3 Å². The lowest BCUT2D eigenvalue weighted by Crippen LogP contribution is -2.52. The second-order valence-electron chi connectivity index (χ2n) is 14.9. The minimum atomic E-state index is -1.46. The normalized spacial score (nSPS) is 12.9. The van der Waals surface area contributed by atoms with Gasteiger partial charge in [-0.05, 0) is 80.5 Å². The number of rotatable bonds is 15. The third kappa shape index (κ3) is 10.9. The summed E-state index contributed by atoms with van der Waals surface area (Å²) in [6, 6.07) is 22.6. The van der Waals surface area contributed by atoms with Crippen molar-refractivity contribution in [3.8, 4) is 22.9 Å². The average molecular weight is 680 g/mol. The van der Waals surface area contributed by atoms with Gasteiger partial charge in [-0.3, -0.25) is 4.79 Å². The maximum atomic E-state index is 13.6. The molecule has 3 aromatic carbocycles. The second-order valence-corrected chi connectivity index (χ2v) is 14.9. The molecule has 0 aliphatic rings. The van der Waals surface area contributed by atoms with Crippen LogP contribution >= 0.6 is 0 Å². The summed E-state index contributed by atoms with van der Waals surface area (Å²) in [5.41, 5.74) is 1.64. The van der Waals surface area contributed by atoms with Gasteiger partial charge in [0.15, 0.2) is 17.1 Å². The predicted octanol–water partition coefficient (Wildman–Crippen LogP) is 9.36. The first-order valence-corrected chi connectivity index (χ1v) is 17.6. The lowest BCUT2D eigenvalue weighted by atomic mass is 9.86. The highest BCUT2D eigenvalue weighted by molar-refractivity contribution is 5.98. The number of esters is 1. The lowest BCUT2D eigenvalue weighted by Gasteiger charge is -2.33. The largest absolute Gasteiger partial charge is 0.494 e. The molecule has 0 saturated heterocycles. The highest BCUT2D eigenvalue weighted by Crippen LogP contribution is 2.29. The van der Waals surface area contributed by atoms with Crippen LogP contribution in [0.25, 0.3) is 11.4 Å². The SMILES string of the molecule is CCCCCCCOc1ccc(COc2cnc(-c3ccc([C@](C)(NC(=O)c4ccc(C(C)(C)C)cc4)C(=O)OC(C)(C)C)cc3)nc2)cc1. The summed E-state index contributed by atoms with van der Waals surface area (Å²) in [5, 5.41) is 2.95. The Balaban J connectivity index is 1.40. The van der Waals surface area contributed by atoms with Crippen molar-refractivity contribution in [2.45, 2.75) is 111 Å². The molecule has 1 atom stereocenters. The number of carbonyl (C=O) groups excluding carboxylic acids is 2. The van der Waals surface area contributed by atoms with Crippen LogP contribution in [-0.4, -0.2) is 34.1 Å². The third-order valence-corrected chi connectivity index (χ3v) is 8.38. The van der Waals surface area contributed by atoms with Crippen molar-refractivity contribution < 1.29 is 23.8 Å². The number of nitrogens with one attached hydrogen (secondary N) is 1. The number of hydrogen-bond donors (Lipinski definition) is 1. The molecule has 1 amide bonds. The molecule has 1 aromatic heterocycles. The second kappa shape index (κ2) is 16.8. The smallest absolute Gasteiger partial charge is 0.336 e. The van der Waals surface area contributed by atoms with E-state index in [1.54, 1.807) is 64.4 Å². The van der Waals surface area contributed by atoms with Gasteiger partial charge in [0.1, 0.15) is 18.0 Å². The standard InChI is InChI=1S/C42H53N3O5/c1-9-10-11-12-13-26-48-35-24-14-30(15-25-35)29-49-36-27-43-37(44-28-36)31-16-22-34(23-17-31)42(8,39(47)50-41(5,6)7)45-38(46)32-18-20-33(21-19-32)40(2,3)4/h14-25,27-28H,9-13,26,29H2,1-8H3,(H,45,46)/t42-/m0/s1. The maximum Gasteiger partial charge on any atom is 0.336 e. The number of nitrogens with zero attached hydrogens (tertiary/aromatic N) is 2. The van der Waals surface area contributed by atoms with Crippen molar-refractivity contribution in [2.75, 3.05) is 6.61 Å². The van der Waals surface area contributed by atoms with Crippen LogP contribution in [0.1, 0.15) is 115 Å². The highest BCUT2D eigenvalue weighted by atomic mass is 16.6. The molecular weight excluding hydrogens is 626 g/mol. The fraction of sp³-hybridized carbons (Fsp3) is 0.429. The molecule has 4 rings (SSSR count). The van der Waals surface area contributed by atoms with Crippen molar-refractivity contribution in [2.24, 2.45) is 0 Å². The molecule has 266 valence electrons. The van der Waals surface area contributed by atoms with Gasteiger partial charge in [-0.2, -0.15) is 0 Å². The van der Waals surface area contributed by atoms with Crippen LogP contribution in [0.3, 0.4) is 0 Å². The van der Waals surface area contributed by atoms with Crippen LogP contribution < -0.4 is 14.8 Å². The van der Waals surface area contributed by atoms with Crippen molar-refractivity contribution in [3.63, 3.8) is 0 Å². The molecule has 0 aliphatic heterocycles. The van der Waals surface area contributed by atoms with Crippen LogP contribution in [0.15, 0.2) is 85.2 Å². The Labute approximate surface area is 298 Å². The molecule has 0 spiro atoms. The van der Waals surface area contributed by atoms with Gasteiger partial charge in [0, 0.05) is 11.1 Å². The molecule has 0 radical (unpaired) electrons. The van der Waals surface area contributed by atoms with Crippen molar-refractivity contribution in [1.29, 1.82) is 0 Å². The van der Waals surface area contributed by atoms with Crippen molar-refractivity contribution >= 4 is 11.9 Å². The van der Waals surface area contributed by atoms with E-state index in [0.717, 1.165) is 35.5 Å². The van der Waals surface area contributed by atoms with Crippen LogP contribution in [0, 0.1) is 0 Å². The minimum Gasteiger partial charge on any atom is -0.494 e. The molecule has 8 heteroatoms. The molecule has 4 aromatic rings. The summed E-state index contributed by atoms with van der Waals surface area (Å²) >= 11 is 0. The molecule has 8 nitrogen and oxygen atoms in total. The molecule has 0 bridgehead atoms. The molecule has 1 N–H and O–H groups in total. The number of hydrogen-bond acceptors (Lipinski definition) is 7. The zero-order valence-electron chi connectivity index (χ0n) is 31.0. The lowest BCUT2D eigenvalue weighted by molar-refractivity contribution is -0.162. The fourth-order valence-corrected chi connectivity index (χ4v) is 5.28. The topological polar surface area (TPSA) is 99.6 Å². The highest BCUT2D eigenvalue weighted by Gasteiger charge is 2.40. The minimum absolute atomic E-state index is 0.0472. The summed E-state index contributed by atoms with van der Waals surface area (Å²) < 4.78 is 17.6. The van der Waals surface area contributed by atoms with E-state index < -0.39 is 17.1 Å². The first-order valence-electron chi connectivity index (χ1n) is 17.6. The Morgan fingerprint density at radius 3 is 1.86 bits per heavy atom. The monoisotopic (exact) mass is 679 g/mol. The van der Waals surface area contributed by atoms with Gasteiger partial charge in [-0.15, -0.1) is 0 Å². The average Bonchev–Trinajstić information content (AvgIpc) is 3.08. The van der Waals surface area contributed by atoms with Crippen molar-refractivity contribution in [1.82, 2.24) is 15.3 Å². The van der Waals surface area contributed by atoms with Crippen molar-refractivity contribution in [3.05, 3.63) is 107 Å². The van der Waals surface area contributed by atoms with E-state index in [1.807, 2.05) is 48.5 Å². The Bertz CT molecular complexity index is 1670. The predicted molar refractivity (Wildman–Crippen MR) is 198 cm³/mol. The Kier molecular flexibility index (Phi) is 12.8. The number of unbranched alkanes of at least 4 members (excludes halogenated alkanes) is 4. The van der Waals surface area contributed by atoms with E-state index in [1.165, 1.54) is 25.7 Å². The fourth-order valence-electron chi connectivity index (χ4n) is 5.28. The molecule has 0 aliphatic carbocycles. The van der Waals surface area contributed by atoms with Crippen LogP contribution in [0.5, 0.6) is 11.5 Å². The molecule has 50 heavy (non-hydrogen) atoms. The maximum absolute atomic E-state index is 13.6. The van der Waals surface area contributed by atoms with E-state index in [9.17, 15) is 9.59 Å². The van der Waals surface area contributed by atoms with Crippen LogP contribution in [-0.2, 0) is 27.1 Å². The molecule has 0 unspecified atom stereocenters. The summed E-state index contributed by atoms with van der Waals surface area (Å²) in [6.07, 6.45) is 9.34. The van der Waals surface area contributed by atoms with Gasteiger partial charge in [-0.1, -0.05) is 102 Å². The first-order chi connectivity index (χ1) is 23.7. The molecule has 1 heterocycles. The van der Waals surface area contributed by atoms with Gasteiger partial charge in [0.2, 0.25) is 0 Å². The quantitative estimate of drug-likeness (QED) is 0.0987. The number of benzene rings is 3. The summed E-state index contributed by atoms with van der Waals surface area (Å²) in [6.45, 7) is 16.7. The van der Waals surface area contributed by atoms with Gasteiger partial charge in [-0.25, -0.2) is 14.8 Å². The Morgan fingerprint density at radius 1 is 0.680 bits per heavy atom. The molecule has 0 saturated carbocycles. The van der Waals surface area contributed by atoms with Gasteiger partial charge in [0.05, 0.1) is 19.0 Å².